The van der Waals surface area contributed by atoms with E-state index in [9.17, 15) is 4.79 Å². The molecule has 3 aromatic rings. The molecule has 0 unspecified atom stereocenters. The Labute approximate surface area is 153 Å². The summed E-state index contributed by atoms with van der Waals surface area (Å²) in [6.07, 6.45) is 2.13. The van der Waals surface area contributed by atoms with E-state index in [0.717, 1.165) is 6.42 Å². The first-order valence-electron chi connectivity index (χ1n) is 8.65. The summed E-state index contributed by atoms with van der Waals surface area (Å²) < 4.78 is 11.1. The highest BCUT2D eigenvalue weighted by molar-refractivity contribution is 6.03. The predicted octanol–water partition coefficient (Wildman–Crippen LogP) is 4.67. The molecule has 0 atom stereocenters. The molecule has 5 heteroatoms. The van der Waals surface area contributed by atoms with Gasteiger partial charge in [0.25, 0.3) is 5.91 Å². The number of nitrogens with zero attached hydrogens (tertiary/aromatic N) is 1. The number of carbonyl (C=O) groups is 1. The molecule has 26 heavy (non-hydrogen) atoms. The number of carbonyl (C=O) groups excluding carboxylic acids is 1. The molecule has 0 spiro atoms. The van der Waals surface area contributed by atoms with Crippen LogP contribution in [0.15, 0.2) is 65.4 Å². The minimum Gasteiger partial charge on any atom is -0.493 e. The number of aromatic nitrogens is 1. The summed E-state index contributed by atoms with van der Waals surface area (Å²) in [5.74, 6) is 1.09. The van der Waals surface area contributed by atoms with Crippen molar-refractivity contribution >= 4 is 11.6 Å². The van der Waals surface area contributed by atoms with E-state index in [2.05, 4.69) is 22.4 Å². The lowest BCUT2D eigenvalue weighted by molar-refractivity contribution is 0.102. The molecule has 5 nitrogen and oxygen atoms in total. The third-order valence-corrected chi connectivity index (χ3v) is 3.93. The summed E-state index contributed by atoms with van der Waals surface area (Å²) in [5, 5.41) is 2.85. The van der Waals surface area contributed by atoms with Gasteiger partial charge in [0.2, 0.25) is 0 Å². The third-order valence-electron chi connectivity index (χ3n) is 3.93. The van der Waals surface area contributed by atoms with Crippen LogP contribution in [0.1, 0.15) is 41.6 Å². The molecule has 0 radical (unpaired) electrons. The van der Waals surface area contributed by atoms with E-state index >= 15 is 0 Å². The second-order valence-corrected chi connectivity index (χ2v) is 6.29. The molecule has 0 aliphatic carbocycles. The number of ether oxygens (including phenoxy) is 1. The van der Waals surface area contributed by atoms with Crippen LogP contribution in [0.4, 0.5) is 5.69 Å². The van der Waals surface area contributed by atoms with Crippen LogP contribution < -0.4 is 10.1 Å². The molecule has 0 saturated carbocycles. The zero-order valence-electron chi connectivity index (χ0n) is 14.9. The average Bonchev–Trinajstić information content (AvgIpc) is 3.13. The fourth-order valence-corrected chi connectivity index (χ4v) is 2.62. The van der Waals surface area contributed by atoms with E-state index in [1.807, 2.05) is 50.2 Å². The second-order valence-electron chi connectivity index (χ2n) is 6.29. The highest BCUT2D eigenvalue weighted by Crippen LogP contribution is 2.21. The fourth-order valence-electron chi connectivity index (χ4n) is 2.62. The lowest BCUT2D eigenvalue weighted by Crippen LogP contribution is -2.14. The summed E-state index contributed by atoms with van der Waals surface area (Å²) in [7, 11) is 0. The van der Waals surface area contributed by atoms with Gasteiger partial charge in [-0.3, -0.25) is 4.79 Å². The average molecular weight is 350 g/mol. The largest absolute Gasteiger partial charge is 0.493 e. The Morgan fingerprint density at radius 2 is 1.96 bits per heavy atom. The summed E-state index contributed by atoms with van der Waals surface area (Å²) in [6.45, 7) is 4.49. The van der Waals surface area contributed by atoms with Gasteiger partial charge in [-0.05, 0) is 17.7 Å². The van der Waals surface area contributed by atoms with Crippen LogP contribution in [0.3, 0.4) is 0 Å². The quantitative estimate of drug-likeness (QED) is 0.672. The molecular formula is C21H22N2O3. The minimum atomic E-state index is -0.288. The first-order chi connectivity index (χ1) is 12.6. The molecular weight excluding hydrogens is 328 g/mol. The number of anilines is 1. The molecule has 3 rings (SSSR count). The van der Waals surface area contributed by atoms with Crippen LogP contribution in [-0.2, 0) is 6.42 Å². The monoisotopic (exact) mass is 350 g/mol. The van der Waals surface area contributed by atoms with E-state index in [-0.39, 0.29) is 11.8 Å². The zero-order chi connectivity index (χ0) is 18.4. The maximum absolute atomic E-state index is 12.4. The van der Waals surface area contributed by atoms with Crippen LogP contribution in [0.2, 0.25) is 0 Å². The van der Waals surface area contributed by atoms with Crippen molar-refractivity contribution in [1.29, 1.82) is 0 Å². The molecule has 0 aliphatic heterocycles. The zero-order valence-corrected chi connectivity index (χ0v) is 14.9. The van der Waals surface area contributed by atoms with Crippen molar-refractivity contribution < 1.29 is 13.9 Å². The number of amides is 1. The number of oxazole rings is 1. The van der Waals surface area contributed by atoms with Crippen molar-refractivity contribution in [1.82, 2.24) is 4.98 Å². The van der Waals surface area contributed by atoms with Crippen molar-refractivity contribution in [2.24, 2.45) is 0 Å². The first kappa shape index (κ1) is 17.7. The Kier molecular flexibility index (Phi) is 5.69. The number of rotatable bonds is 7. The van der Waals surface area contributed by atoms with Crippen LogP contribution in [0, 0.1) is 0 Å². The molecule has 1 amide bonds. The molecule has 134 valence electrons. The maximum atomic E-state index is 12.4. The van der Waals surface area contributed by atoms with Gasteiger partial charge in [0.15, 0.2) is 12.1 Å². The highest BCUT2D eigenvalue weighted by atomic mass is 16.5. The lowest BCUT2D eigenvalue weighted by atomic mass is 10.1. The van der Waals surface area contributed by atoms with E-state index < -0.39 is 0 Å². The van der Waals surface area contributed by atoms with Crippen LogP contribution in [0.5, 0.6) is 5.75 Å². The van der Waals surface area contributed by atoms with Crippen molar-refractivity contribution in [3.05, 3.63) is 78.0 Å². The van der Waals surface area contributed by atoms with E-state index in [1.165, 1.54) is 12.0 Å². The topological polar surface area (TPSA) is 64.4 Å². The van der Waals surface area contributed by atoms with Gasteiger partial charge in [-0.2, -0.15) is 0 Å². The number of hydrogen-bond donors (Lipinski definition) is 1. The van der Waals surface area contributed by atoms with Gasteiger partial charge >= 0.3 is 0 Å². The van der Waals surface area contributed by atoms with Gasteiger partial charge in [0.1, 0.15) is 11.5 Å². The van der Waals surface area contributed by atoms with Crippen molar-refractivity contribution in [2.45, 2.75) is 26.2 Å². The Hall–Kier alpha value is -3.08. The van der Waals surface area contributed by atoms with Gasteiger partial charge in [-0.25, -0.2) is 4.98 Å². The molecule has 0 saturated heterocycles. The van der Waals surface area contributed by atoms with Crippen LogP contribution >= 0.6 is 0 Å². The predicted molar refractivity (Wildman–Crippen MR) is 101 cm³/mol. The second kappa shape index (κ2) is 8.34. The van der Waals surface area contributed by atoms with Crippen molar-refractivity contribution in [3.63, 3.8) is 0 Å². The Morgan fingerprint density at radius 3 is 2.73 bits per heavy atom. The summed E-state index contributed by atoms with van der Waals surface area (Å²) in [4.78, 5) is 16.5. The lowest BCUT2D eigenvalue weighted by Gasteiger charge is -2.09. The molecule has 0 aliphatic rings. The van der Waals surface area contributed by atoms with Gasteiger partial charge in [0.05, 0.1) is 6.61 Å². The van der Waals surface area contributed by atoms with Gasteiger partial charge in [0, 0.05) is 24.1 Å². The molecule has 1 heterocycles. The van der Waals surface area contributed by atoms with E-state index in [0.29, 0.717) is 29.5 Å². The standard InChI is InChI=1S/C21H22N2O3/c1-15(2)20-19(22-14-26-20)21(24)23-17-9-6-10-18(13-17)25-12-11-16-7-4-3-5-8-16/h3-10,13-15H,11-12H2,1-2H3,(H,23,24). The molecule has 1 N–H and O–H groups in total. The number of benzene rings is 2. The third kappa shape index (κ3) is 4.51. The normalized spacial score (nSPS) is 10.7. The van der Waals surface area contributed by atoms with Crippen molar-refractivity contribution in [2.75, 3.05) is 11.9 Å². The molecule has 0 fully saturated rings. The molecule has 0 bridgehead atoms. The fraction of sp³-hybridized carbons (Fsp3) is 0.238. The highest BCUT2D eigenvalue weighted by Gasteiger charge is 2.19. The smallest absolute Gasteiger partial charge is 0.277 e. The molecule has 1 aromatic heterocycles. The van der Waals surface area contributed by atoms with Crippen molar-refractivity contribution in [3.8, 4) is 5.75 Å². The first-order valence-corrected chi connectivity index (χ1v) is 8.65. The Morgan fingerprint density at radius 1 is 1.15 bits per heavy atom. The van der Waals surface area contributed by atoms with E-state index in [1.54, 1.807) is 6.07 Å². The summed E-state index contributed by atoms with van der Waals surface area (Å²) in [6, 6.07) is 17.5. The van der Waals surface area contributed by atoms with E-state index in [4.69, 9.17) is 9.15 Å². The van der Waals surface area contributed by atoms with Gasteiger partial charge in [-0.15, -0.1) is 0 Å². The SMILES string of the molecule is CC(C)c1ocnc1C(=O)Nc1cccc(OCCc2ccccc2)c1. The number of nitrogens with one attached hydrogen (secondary N) is 1. The minimum absolute atomic E-state index is 0.0888. The molecule has 2 aromatic carbocycles. The Bertz CT molecular complexity index is 856. The Balaban J connectivity index is 1.60. The number of hydrogen-bond acceptors (Lipinski definition) is 4. The van der Waals surface area contributed by atoms with Gasteiger partial charge < -0.3 is 14.5 Å². The summed E-state index contributed by atoms with van der Waals surface area (Å²) >= 11 is 0. The maximum Gasteiger partial charge on any atom is 0.277 e. The van der Waals surface area contributed by atoms with Gasteiger partial charge in [-0.1, -0.05) is 50.2 Å². The van der Waals surface area contributed by atoms with Crippen LogP contribution in [0.25, 0.3) is 0 Å². The summed E-state index contributed by atoms with van der Waals surface area (Å²) in [5.41, 5.74) is 2.20. The van der Waals surface area contributed by atoms with Crippen LogP contribution in [-0.4, -0.2) is 17.5 Å².